The zero-order chi connectivity index (χ0) is 12.4. The number of fused-ring (bicyclic) bond motifs is 2. The van der Waals surface area contributed by atoms with Crippen molar-refractivity contribution in [2.45, 2.75) is 52.1 Å². The minimum atomic E-state index is -0.258. The van der Waals surface area contributed by atoms with Gasteiger partial charge in [-0.3, -0.25) is 0 Å². The van der Waals surface area contributed by atoms with E-state index in [1.807, 2.05) is 6.92 Å². The monoisotopic (exact) mass is 234 g/mol. The van der Waals surface area contributed by atoms with Crippen LogP contribution in [0, 0.1) is 11.8 Å². The Bertz CT molecular complexity index is 354. The van der Waals surface area contributed by atoms with Crippen molar-refractivity contribution < 1.29 is 9.53 Å². The summed E-state index contributed by atoms with van der Waals surface area (Å²) in [6.07, 6.45) is 8.71. The molecule has 0 aromatic rings. The van der Waals surface area contributed by atoms with Crippen LogP contribution in [0.4, 0.5) is 0 Å². The molecular formula is C15H22O2. The number of carbonyl (C=O) groups excluding carboxylic acids is 1. The maximum absolute atomic E-state index is 11.5. The second-order valence-corrected chi connectivity index (χ2v) is 5.58. The molecule has 3 unspecified atom stereocenters. The number of allylic oxidation sites excluding steroid dienone is 1. The summed E-state index contributed by atoms with van der Waals surface area (Å²) < 4.78 is 5.43. The van der Waals surface area contributed by atoms with E-state index in [2.05, 4.69) is 12.7 Å². The van der Waals surface area contributed by atoms with Gasteiger partial charge in [-0.05, 0) is 51.9 Å². The Labute approximate surface area is 104 Å². The van der Waals surface area contributed by atoms with Gasteiger partial charge < -0.3 is 4.74 Å². The molecule has 0 radical (unpaired) electrons. The smallest absolute Gasteiger partial charge is 0.333 e. The highest BCUT2D eigenvalue weighted by Crippen LogP contribution is 2.39. The van der Waals surface area contributed by atoms with Gasteiger partial charge in [0.2, 0.25) is 0 Å². The molecule has 0 heterocycles. The minimum absolute atomic E-state index is 0.0184. The van der Waals surface area contributed by atoms with Crippen molar-refractivity contribution in [1.29, 1.82) is 0 Å². The fourth-order valence-electron chi connectivity index (χ4n) is 2.98. The molecule has 2 rings (SSSR count). The summed E-state index contributed by atoms with van der Waals surface area (Å²) in [6.45, 7) is 7.32. The van der Waals surface area contributed by atoms with E-state index < -0.39 is 0 Å². The Balaban J connectivity index is 1.98. The second-order valence-electron chi connectivity index (χ2n) is 5.58. The van der Waals surface area contributed by atoms with Crippen molar-refractivity contribution in [3.05, 3.63) is 23.8 Å². The summed E-state index contributed by atoms with van der Waals surface area (Å²) in [5, 5.41) is 0. The van der Waals surface area contributed by atoms with Gasteiger partial charge in [0.25, 0.3) is 0 Å². The first-order valence-corrected chi connectivity index (χ1v) is 6.62. The molecule has 17 heavy (non-hydrogen) atoms. The zero-order valence-electron chi connectivity index (χ0n) is 10.9. The molecule has 0 N–H and O–H groups in total. The third kappa shape index (κ3) is 2.99. The molecule has 2 aliphatic rings. The molecule has 2 heteroatoms. The Morgan fingerprint density at radius 3 is 3.00 bits per heavy atom. The molecule has 1 fully saturated rings. The first kappa shape index (κ1) is 12.4. The predicted molar refractivity (Wildman–Crippen MR) is 68.5 cm³/mol. The van der Waals surface area contributed by atoms with Gasteiger partial charge in [-0.2, -0.15) is 0 Å². The predicted octanol–water partition coefficient (Wildman–Crippen LogP) is 3.63. The van der Waals surface area contributed by atoms with Crippen LogP contribution in [0.25, 0.3) is 0 Å². The van der Waals surface area contributed by atoms with Crippen LogP contribution in [-0.4, -0.2) is 12.1 Å². The molecule has 3 atom stereocenters. The molecule has 0 saturated heterocycles. The van der Waals surface area contributed by atoms with Gasteiger partial charge in [-0.15, -0.1) is 0 Å². The van der Waals surface area contributed by atoms with E-state index in [0.717, 1.165) is 5.92 Å². The fraction of sp³-hybridized carbons (Fsp3) is 0.667. The van der Waals surface area contributed by atoms with Crippen molar-refractivity contribution in [1.82, 2.24) is 0 Å². The van der Waals surface area contributed by atoms with E-state index in [9.17, 15) is 4.79 Å². The Hall–Kier alpha value is -1.05. The van der Waals surface area contributed by atoms with E-state index in [1.54, 1.807) is 12.5 Å². The third-order valence-electron chi connectivity index (χ3n) is 3.96. The first-order valence-electron chi connectivity index (χ1n) is 6.62. The summed E-state index contributed by atoms with van der Waals surface area (Å²) in [5.74, 6) is 0.971. The van der Waals surface area contributed by atoms with Crippen molar-refractivity contribution in [3.63, 3.8) is 0 Å². The molecule has 0 spiro atoms. The van der Waals surface area contributed by atoms with E-state index in [-0.39, 0.29) is 12.1 Å². The summed E-state index contributed by atoms with van der Waals surface area (Å²) in [7, 11) is 0. The van der Waals surface area contributed by atoms with Crippen LogP contribution < -0.4 is 0 Å². The lowest BCUT2D eigenvalue weighted by Crippen LogP contribution is -2.29. The largest absolute Gasteiger partial charge is 0.459 e. The second kappa shape index (κ2) is 5.07. The molecule has 0 aromatic carbocycles. The number of rotatable bonds is 3. The topological polar surface area (TPSA) is 26.3 Å². The molecule has 2 nitrogen and oxygen atoms in total. The Morgan fingerprint density at radius 1 is 1.59 bits per heavy atom. The highest BCUT2D eigenvalue weighted by atomic mass is 16.5. The van der Waals surface area contributed by atoms with Crippen LogP contribution in [0.3, 0.4) is 0 Å². The van der Waals surface area contributed by atoms with Crippen molar-refractivity contribution in [2.75, 3.05) is 0 Å². The van der Waals surface area contributed by atoms with Gasteiger partial charge in [-0.25, -0.2) is 4.79 Å². The number of hydrogen-bond donors (Lipinski definition) is 0. The Kier molecular flexibility index (Phi) is 3.70. The van der Waals surface area contributed by atoms with E-state index >= 15 is 0 Å². The van der Waals surface area contributed by atoms with E-state index in [4.69, 9.17) is 4.74 Å². The van der Waals surface area contributed by atoms with Crippen molar-refractivity contribution in [3.8, 4) is 0 Å². The van der Waals surface area contributed by atoms with Gasteiger partial charge in [0.15, 0.2) is 0 Å². The zero-order valence-corrected chi connectivity index (χ0v) is 10.9. The van der Waals surface area contributed by atoms with Crippen LogP contribution >= 0.6 is 0 Å². The number of esters is 1. The summed E-state index contributed by atoms with van der Waals surface area (Å²) >= 11 is 0. The summed E-state index contributed by atoms with van der Waals surface area (Å²) in [4.78, 5) is 11.5. The van der Waals surface area contributed by atoms with Crippen molar-refractivity contribution in [2.24, 2.45) is 11.8 Å². The number of hydrogen-bond acceptors (Lipinski definition) is 2. The highest BCUT2D eigenvalue weighted by molar-refractivity contribution is 5.87. The molecule has 0 amide bonds. The SMILES string of the molecule is C=C(C)C(=O)OC(C)C1C=C2CCCC(C2)C1. The lowest BCUT2D eigenvalue weighted by molar-refractivity contribution is -0.145. The molecule has 0 aliphatic heterocycles. The first-order chi connectivity index (χ1) is 8.06. The van der Waals surface area contributed by atoms with E-state index in [0.29, 0.717) is 11.5 Å². The molecule has 94 valence electrons. The van der Waals surface area contributed by atoms with Crippen LogP contribution in [0.2, 0.25) is 0 Å². The quantitative estimate of drug-likeness (QED) is 0.423. The Morgan fingerprint density at radius 2 is 2.35 bits per heavy atom. The third-order valence-corrected chi connectivity index (χ3v) is 3.96. The fourth-order valence-corrected chi connectivity index (χ4v) is 2.98. The van der Waals surface area contributed by atoms with Crippen LogP contribution in [-0.2, 0) is 9.53 Å². The van der Waals surface area contributed by atoms with Crippen LogP contribution in [0.1, 0.15) is 46.0 Å². The number of ether oxygens (including phenoxy) is 1. The molecule has 0 aromatic heterocycles. The maximum Gasteiger partial charge on any atom is 0.333 e. The van der Waals surface area contributed by atoms with Crippen LogP contribution in [0.5, 0.6) is 0 Å². The maximum atomic E-state index is 11.5. The average Bonchev–Trinajstić information content (AvgIpc) is 2.28. The summed E-state index contributed by atoms with van der Waals surface area (Å²) in [5.41, 5.74) is 2.07. The van der Waals surface area contributed by atoms with Gasteiger partial charge in [0.05, 0.1) is 0 Å². The molecule has 2 bridgehead atoms. The van der Waals surface area contributed by atoms with Crippen molar-refractivity contribution >= 4 is 5.97 Å². The lowest BCUT2D eigenvalue weighted by atomic mass is 9.73. The standard InChI is InChI=1S/C15H22O2/c1-10(2)15(16)17-11(3)14-8-12-5-4-6-13(7-12)9-14/h8,11,13-14H,1,4-7,9H2,2-3H3. The minimum Gasteiger partial charge on any atom is -0.459 e. The van der Waals surface area contributed by atoms with Gasteiger partial charge in [-0.1, -0.05) is 18.2 Å². The highest BCUT2D eigenvalue weighted by Gasteiger charge is 2.30. The molecular weight excluding hydrogens is 212 g/mol. The molecule has 1 saturated carbocycles. The summed E-state index contributed by atoms with van der Waals surface area (Å²) in [6, 6.07) is 0. The molecule has 2 aliphatic carbocycles. The van der Waals surface area contributed by atoms with E-state index in [1.165, 1.54) is 32.1 Å². The van der Waals surface area contributed by atoms with Gasteiger partial charge in [0.1, 0.15) is 6.10 Å². The lowest BCUT2D eigenvalue weighted by Gasteiger charge is -2.35. The average molecular weight is 234 g/mol. The van der Waals surface area contributed by atoms with Crippen LogP contribution in [0.15, 0.2) is 23.8 Å². The van der Waals surface area contributed by atoms with Gasteiger partial charge in [0, 0.05) is 11.5 Å². The normalized spacial score (nSPS) is 29.2. The van der Waals surface area contributed by atoms with Gasteiger partial charge >= 0.3 is 5.97 Å². The number of carbonyl (C=O) groups is 1.